The summed E-state index contributed by atoms with van der Waals surface area (Å²) in [4.78, 5) is 23.5. The highest BCUT2D eigenvalue weighted by Gasteiger charge is 2.72. The maximum absolute atomic E-state index is 12.8. The summed E-state index contributed by atoms with van der Waals surface area (Å²) in [5.74, 6) is -3.03. The number of ether oxygens (including phenoxy) is 1. The molecule has 0 fully saturated rings. The Morgan fingerprint density at radius 3 is 2.56 bits per heavy atom. The zero-order valence-corrected chi connectivity index (χ0v) is 13.5. The summed E-state index contributed by atoms with van der Waals surface area (Å²) in [6.07, 6.45) is 0. The maximum atomic E-state index is 12.8. The third kappa shape index (κ3) is 1.69. The largest absolute Gasteiger partial charge is 0.453 e. The summed E-state index contributed by atoms with van der Waals surface area (Å²) in [5, 5.41) is 33.6. The standard InChI is InChI=1S/C18H15NO6/c1-9(2)10-6-7-12-14(8-10)25-18(22)15-11(16(20)17(12,18)21)4-3-5-13(15)19(23)24/h3-9,21-22H,1-2H3. The van der Waals surface area contributed by atoms with E-state index in [2.05, 4.69) is 0 Å². The predicted octanol–water partition coefficient (Wildman–Crippen LogP) is 2.34. The first-order chi connectivity index (χ1) is 11.7. The Morgan fingerprint density at radius 1 is 1.20 bits per heavy atom. The molecule has 0 radical (unpaired) electrons. The topological polar surface area (TPSA) is 110 Å². The van der Waals surface area contributed by atoms with Crippen molar-refractivity contribution in [2.75, 3.05) is 0 Å². The van der Waals surface area contributed by atoms with Gasteiger partial charge in [0.25, 0.3) is 11.5 Å². The van der Waals surface area contributed by atoms with E-state index in [1.807, 2.05) is 13.8 Å². The predicted molar refractivity (Wildman–Crippen MR) is 86.4 cm³/mol. The second-order valence-electron chi connectivity index (χ2n) is 6.65. The minimum absolute atomic E-state index is 0.106. The Bertz CT molecular complexity index is 953. The summed E-state index contributed by atoms with van der Waals surface area (Å²) < 4.78 is 5.58. The highest BCUT2D eigenvalue weighted by Crippen LogP contribution is 2.60. The molecule has 4 rings (SSSR count). The van der Waals surface area contributed by atoms with Crippen LogP contribution in [-0.4, -0.2) is 20.9 Å². The number of rotatable bonds is 2. The summed E-state index contributed by atoms with van der Waals surface area (Å²) in [6.45, 7) is 3.93. The van der Waals surface area contributed by atoms with Gasteiger partial charge in [-0.25, -0.2) is 0 Å². The summed E-state index contributed by atoms with van der Waals surface area (Å²) >= 11 is 0. The third-order valence-corrected chi connectivity index (χ3v) is 4.96. The van der Waals surface area contributed by atoms with Crippen molar-refractivity contribution in [3.05, 3.63) is 68.8 Å². The molecule has 128 valence electrons. The van der Waals surface area contributed by atoms with Crippen LogP contribution in [0.1, 0.15) is 46.8 Å². The Hall–Kier alpha value is -2.77. The molecule has 2 atom stereocenters. The molecular weight excluding hydrogens is 326 g/mol. The number of nitrogens with zero attached hydrogens (tertiary/aromatic N) is 1. The summed E-state index contributed by atoms with van der Waals surface area (Å²) in [5.41, 5.74) is -2.31. The van der Waals surface area contributed by atoms with Crippen LogP contribution in [0.15, 0.2) is 36.4 Å². The van der Waals surface area contributed by atoms with E-state index in [0.29, 0.717) is 0 Å². The number of nitro groups is 1. The third-order valence-electron chi connectivity index (χ3n) is 4.96. The Labute approximate surface area is 142 Å². The van der Waals surface area contributed by atoms with Gasteiger partial charge in [-0.2, -0.15) is 0 Å². The van der Waals surface area contributed by atoms with Gasteiger partial charge in [-0.05, 0) is 17.5 Å². The molecule has 2 unspecified atom stereocenters. The van der Waals surface area contributed by atoms with Gasteiger partial charge in [0.2, 0.25) is 11.4 Å². The molecule has 0 saturated heterocycles. The van der Waals surface area contributed by atoms with Crippen LogP contribution < -0.4 is 4.74 Å². The number of hydrogen-bond acceptors (Lipinski definition) is 6. The fraction of sp³-hybridized carbons (Fsp3) is 0.278. The van der Waals surface area contributed by atoms with Crippen molar-refractivity contribution >= 4 is 11.5 Å². The lowest BCUT2D eigenvalue weighted by atomic mass is 9.86. The van der Waals surface area contributed by atoms with Crippen LogP contribution in [0.5, 0.6) is 5.75 Å². The fourth-order valence-corrected chi connectivity index (χ4v) is 3.64. The minimum Gasteiger partial charge on any atom is -0.453 e. The van der Waals surface area contributed by atoms with Crippen LogP contribution in [0.25, 0.3) is 0 Å². The molecule has 0 spiro atoms. The van der Waals surface area contributed by atoms with Crippen molar-refractivity contribution in [1.29, 1.82) is 0 Å². The van der Waals surface area contributed by atoms with E-state index in [-0.39, 0.29) is 28.4 Å². The molecular formula is C18H15NO6. The first-order valence-electron chi connectivity index (χ1n) is 7.82. The molecule has 7 heteroatoms. The zero-order valence-electron chi connectivity index (χ0n) is 13.5. The molecule has 1 aliphatic carbocycles. The lowest BCUT2D eigenvalue weighted by Crippen LogP contribution is -2.48. The van der Waals surface area contributed by atoms with Crippen LogP contribution >= 0.6 is 0 Å². The molecule has 2 aromatic carbocycles. The molecule has 2 N–H and O–H groups in total. The summed E-state index contributed by atoms with van der Waals surface area (Å²) in [7, 11) is 0. The van der Waals surface area contributed by atoms with Gasteiger partial charge in [-0.1, -0.05) is 38.1 Å². The van der Waals surface area contributed by atoms with E-state index in [1.54, 1.807) is 12.1 Å². The van der Waals surface area contributed by atoms with E-state index >= 15 is 0 Å². The van der Waals surface area contributed by atoms with Gasteiger partial charge < -0.3 is 14.9 Å². The second-order valence-corrected chi connectivity index (χ2v) is 6.65. The first-order valence-corrected chi connectivity index (χ1v) is 7.82. The van der Waals surface area contributed by atoms with Crippen LogP contribution in [-0.2, 0) is 11.4 Å². The lowest BCUT2D eigenvalue weighted by Gasteiger charge is -2.28. The number of Topliss-reactive ketones (excluding diaryl/α,β-unsaturated/α-hetero) is 1. The van der Waals surface area contributed by atoms with E-state index in [1.165, 1.54) is 24.3 Å². The number of benzene rings is 2. The quantitative estimate of drug-likeness (QED) is 0.641. The average Bonchev–Trinajstić information content (AvgIpc) is 2.90. The van der Waals surface area contributed by atoms with Gasteiger partial charge in [0, 0.05) is 17.2 Å². The van der Waals surface area contributed by atoms with Crippen LogP contribution in [0.3, 0.4) is 0 Å². The van der Waals surface area contributed by atoms with E-state index in [4.69, 9.17) is 4.74 Å². The summed E-state index contributed by atoms with van der Waals surface area (Å²) in [6, 6.07) is 8.74. The number of aliphatic hydroxyl groups is 2. The Balaban J connectivity index is 2.00. The Kier molecular flexibility index (Phi) is 2.93. The number of hydrogen-bond donors (Lipinski definition) is 2. The van der Waals surface area contributed by atoms with Crippen molar-refractivity contribution in [2.24, 2.45) is 0 Å². The first kappa shape index (κ1) is 15.7. The van der Waals surface area contributed by atoms with Crippen LogP contribution in [0, 0.1) is 10.1 Å². The molecule has 1 heterocycles. The van der Waals surface area contributed by atoms with Gasteiger partial charge in [0.15, 0.2) is 0 Å². The van der Waals surface area contributed by atoms with Gasteiger partial charge >= 0.3 is 0 Å². The van der Waals surface area contributed by atoms with Crippen molar-refractivity contribution < 1.29 is 24.7 Å². The molecule has 2 aliphatic rings. The zero-order chi connectivity index (χ0) is 18.1. The molecule has 25 heavy (non-hydrogen) atoms. The monoisotopic (exact) mass is 341 g/mol. The Morgan fingerprint density at radius 2 is 1.92 bits per heavy atom. The highest BCUT2D eigenvalue weighted by molar-refractivity contribution is 6.10. The smallest absolute Gasteiger partial charge is 0.283 e. The molecule has 7 nitrogen and oxygen atoms in total. The molecule has 0 aromatic heterocycles. The average molecular weight is 341 g/mol. The van der Waals surface area contributed by atoms with Crippen LogP contribution in [0.2, 0.25) is 0 Å². The van der Waals surface area contributed by atoms with Gasteiger partial charge in [0.05, 0.1) is 4.92 Å². The van der Waals surface area contributed by atoms with Crippen molar-refractivity contribution in [3.8, 4) is 5.75 Å². The van der Waals surface area contributed by atoms with Crippen molar-refractivity contribution in [2.45, 2.75) is 31.2 Å². The van der Waals surface area contributed by atoms with Crippen LogP contribution in [0.4, 0.5) is 5.69 Å². The van der Waals surface area contributed by atoms with Gasteiger partial charge in [0.1, 0.15) is 11.3 Å². The highest BCUT2D eigenvalue weighted by atomic mass is 16.7. The maximum Gasteiger partial charge on any atom is 0.283 e. The molecule has 1 aliphatic heterocycles. The minimum atomic E-state index is -2.53. The van der Waals surface area contributed by atoms with Crippen molar-refractivity contribution in [1.82, 2.24) is 0 Å². The van der Waals surface area contributed by atoms with E-state index < -0.39 is 27.8 Å². The van der Waals surface area contributed by atoms with E-state index in [9.17, 15) is 25.1 Å². The van der Waals surface area contributed by atoms with Gasteiger partial charge in [-0.3, -0.25) is 14.9 Å². The molecule has 0 saturated carbocycles. The fourth-order valence-electron chi connectivity index (χ4n) is 3.64. The normalized spacial score (nSPS) is 26.2. The number of carbonyl (C=O) groups excluding carboxylic acids is 1. The van der Waals surface area contributed by atoms with E-state index in [0.717, 1.165) is 5.56 Å². The lowest BCUT2D eigenvalue weighted by molar-refractivity contribution is -0.388. The van der Waals surface area contributed by atoms with Crippen molar-refractivity contribution in [3.63, 3.8) is 0 Å². The number of nitro benzene ring substituents is 1. The van der Waals surface area contributed by atoms with Gasteiger partial charge in [-0.15, -0.1) is 0 Å². The second kappa shape index (κ2) is 4.65. The number of ketones is 1. The molecule has 0 amide bonds. The molecule has 0 bridgehead atoms. The number of fused-ring (bicyclic) bond motifs is 5. The number of carbonyl (C=O) groups is 1. The molecule has 2 aromatic rings. The SMILES string of the molecule is CC(C)c1ccc2c(c1)OC1(O)c3c(cccc3[N+](=O)[O-])C(=O)C21O.